The number of para-hydroxylation sites is 1. The van der Waals surface area contributed by atoms with Crippen LogP contribution in [0.2, 0.25) is 0 Å². The number of carbonyl (C=O) groups is 2. The van der Waals surface area contributed by atoms with E-state index in [0.29, 0.717) is 11.6 Å². The van der Waals surface area contributed by atoms with E-state index in [1.807, 2.05) is 66.1 Å². The number of rotatable bonds is 7. The highest BCUT2D eigenvalue weighted by Gasteiger charge is 2.17. The van der Waals surface area contributed by atoms with Crippen LogP contribution in [0.15, 0.2) is 84.0 Å². The highest BCUT2D eigenvalue weighted by atomic mass is 32.2. The van der Waals surface area contributed by atoms with Crippen molar-refractivity contribution in [2.75, 3.05) is 5.75 Å². The van der Waals surface area contributed by atoms with Gasteiger partial charge in [-0.2, -0.15) is 0 Å². The van der Waals surface area contributed by atoms with Crippen molar-refractivity contribution in [3.63, 3.8) is 0 Å². The number of nitrogens with zero attached hydrogens (tertiary/aromatic N) is 3. The van der Waals surface area contributed by atoms with Crippen molar-refractivity contribution in [3.8, 4) is 11.4 Å². The minimum absolute atomic E-state index is 0.0103. The van der Waals surface area contributed by atoms with Crippen LogP contribution in [0.3, 0.4) is 0 Å². The van der Waals surface area contributed by atoms with Gasteiger partial charge in [0.15, 0.2) is 5.16 Å². The standard InChI is InChI=1S/C25H23N5O3S/c1-17-8-7-11-19(14-17)30-22(15-18-9-3-2-4-10-18)26-29-25(30)34-16-23(32)27-28-24(33)20-12-5-6-13-21(20)31/h2-14,31H,15-16H2,1H3,(H,27,32)(H,28,33). The fourth-order valence-corrected chi connectivity index (χ4v) is 4.11. The Hall–Kier alpha value is -4.11. The van der Waals surface area contributed by atoms with Crippen LogP contribution in [0.1, 0.15) is 27.3 Å². The largest absolute Gasteiger partial charge is 0.507 e. The van der Waals surface area contributed by atoms with Crippen molar-refractivity contribution < 1.29 is 14.7 Å². The van der Waals surface area contributed by atoms with Crippen molar-refractivity contribution in [2.24, 2.45) is 0 Å². The Bertz CT molecular complexity index is 1310. The Morgan fingerprint density at radius 2 is 1.71 bits per heavy atom. The average molecular weight is 474 g/mol. The monoisotopic (exact) mass is 473 g/mol. The van der Waals surface area contributed by atoms with Crippen LogP contribution in [-0.4, -0.2) is 37.4 Å². The van der Waals surface area contributed by atoms with E-state index in [1.54, 1.807) is 12.1 Å². The number of benzene rings is 3. The van der Waals surface area contributed by atoms with E-state index >= 15 is 0 Å². The van der Waals surface area contributed by atoms with E-state index in [9.17, 15) is 14.7 Å². The van der Waals surface area contributed by atoms with Gasteiger partial charge in [-0.15, -0.1) is 10.2 Å². The molecule has 0 aliphatic heterocycles. The number of carbonyl (C=O) groups excluding carboxylic acids is 2. The first kappa shape index (κ1) is 23.1. The molecule has 0 saturated carbocycles. The molecule has 4 aromatic rings. The summed E-state index contributed by atoms with van der Waals surface area (Å²) in [6.07, 6.45) is 0.588. The van der Waals surface area contributed by atoms with Crippen molar-refractivity contribution >= 4 is 23.6 Å². The lowest BCUT2D eigenvalue weighted by molar-refractivity contribution is -0.119. The maximum Gasteiger partial charge on any atom is 0.273 e. The molecule has 0 aliphatic carbocycles. The summed E-state index contributed by atoms with van der Waals surface area (Å²) in [7, 11) is 0. The molecule has 1 aromatic heterocycles. The molecule has 2 amide bonds. The summed E-state index contributed by atoms with van der Waals surface area (Å²) in [5, 5.41) is 19.0. The molecule has 0 aliphatic rings. The summed E-state index contributed by atoms with van der Waals surface area (Å²) in [5.74, 6) is -0.425. The minimum Gasteiger partial charge on any atom is -0.507 e. The summed E-state index contributed by atoms with van der Waals surface area (Å²) < 4.78 is 1.94. The zero-order chi connectivity index (χ0) is 23.9. The Morgan fingerprint density at radius 3 is 2.47 bits per heavy atom. The van der Waals surface area contributed by atoms with Crippen LogP contribution in [0.4, 0.5) is 0 Å². The van der Waals surface area contributed by atoms with Crippen molar-refractivity contribution in [1.29, 1.82) is 0 Å². The van der Waals surface area contributed by atoms with E-state index in [1.165, 1.54) is 23.9 Å². The van der Waals surface area contributed by atoms with Gasteiger partial charge in [-0.1, -0.05) is 66.4 Å². The molecule has 4 rings (SSSR count). The number of thioether (sulfide) groups is 1. The van der Waals surface area contributed by atoms with Gasteiger partial charge in [0.2, 0.25) is 5.91 Å². The Labute approximate surface area is 201 Å². The van der Waals surface area contributed by atoms with Gasteiger partial charge >= 0.3 is 0 Å². The van der Waals surface area contributed by atoms with Crippen LogP contribution >= 0.6 is 11.8 Å². The topological polar surface area (TPSA) is 109 Å². The number of phenols is 1. The number of aryl methyl sites for hydroxylation is 1. The van der Waals surface area contributed by atoms with Crippen LogP contribution in [0.25, 0.3) is 5.69 Å². The number of hydrazine groups is 1. The number of hydrogen-bond donors (Lipinski definition) is 3. The smallest absolute Gasteiger partial charge is 0.273 e. The van der Waals surface area contributed by atoms with Crippen molar-refractivity contribution in [3.05, 3.63) is 101 Å². The molecular formula is C25H23N5O3S. The zero-order valence-corrected chi connectivity index (χ0v) is 19.2. The van der Waals surface area contributed by atoms with Crippen LogP contribution in [0.5, 0.6) is 5.75 Å². The van der Waals surface area contributed by atoms with E-state index in [0.717, 1.165) is 22.6 Å². The number of aromatic hydroxyl groups is 1. The maximum atomic E-state index is 12.4. The number of nitrogens with one attached hydrogen (secondary N) is 2. The molecule has 0 fully saturated rings. The predicted molar refractivity (Wildman–Crippen MR) is 130 cm³/mol. The SMILES string of the molecule is Cc1cccc(-n2c(Cc3ccccc3)nnc2SCC(=O)NNC(=O)c2ccccc2O)c1. The quantitative estimate of drug-likeness (QED) is 0.280. The van der Waals surface area contributed by atoms with E-state index < -0.39 is 11.8 Å². The van der Waals surface area contributed by atoms with E-state index in [4.69, 9.17) is 0 Å². The minimum atomic E-state index is -0.607. The lowest BCUT2D eigenvalue weighted by Crippen LogP contribution is -2.42. The van der Waals surface area contributed by atoms with Gasteiger partial charge in [-0.05, 0) is 42.3 Å². The third kappa shape index (κ3) is 5.62. The van der Waals surface area contributed by atoms with E-state index in [2.05, 4.69) is 21.0 Å². The van der Waals surface area contributed by atoms with Gasteiger partial charge in [0, 0.05) is 12.1 Å². The number of amides is 2. The molecule has 0 saturated heterocycles. The highest BCUT2D eigenvalue weighted by Crippen LogP contribution is 2.24. The molecule has 9 heteroatoms. The molecule has 3 N–H and O–H groups in total. The van der Waals surface area contributed by atoms with Gasteiger partial charge in [-0.25, -0.2) is 0 Å². The first-order valence-electron chi connectivity index (χ1n) is 10.6. The summed E-state index contributed by atoms with van der Waals surface area (Å²) >= 11 is 1.21. The first-order valence-corrected chi connectivity index (χ1v) is 11.5. The van der Waals surface area contributed by atoms with Crippen molar-refractivity contribution in [2.45, 2.75) is 18.5 Å². The molecule has 0 spiro atoms. The summed E-state index contributed by atoms with van der Waals surface area (Å²) in [4.78, 5) is 24.5. The number of aromatic nitrogens is 3. The molecular weight excluding hydrogens is 450 g/mol. The van der Waals surface area contributed by atoms with Gasteiger partial charge in [0.1, 0.15) is 11.6 Å². The summed E-state index contributed by atoms with van der Waals surface area (Å²) in [6.45, 7) is 2.01. The third-order valence-electron chi connectivity index (χ3n) is 4.96. The van der Waals surface area contributed by atoms with Gasteiger partial charge < -0.3 is 5.11 Å². The molecule has 0 unspecified atom stereocenters. The van der Waals surface area contributed by atoms with E-state index in [-0.39, 0.29) is 17.1 Å². The normalized spacial score (nSPS) is 10.6. The van der Waals surface area contributed by atoms with Crippen molar-refractivity contribution in [1.82, 2.24) is 25.6 Å². The maximum absolute atomic E-state index is 12.4. The summed E-state index contributed by atoms with van der Waals surface area (Å²) in [6, 6.07) is 24.1. The second-order valence-electron chi connectivity index (χ2n) is 7.54. The van der Waals surface area contributed by atoms with Crippen LogP contribution < -0.4 is 10.9 Å². The van der Waals surface area contributed by atoms with Crippen LogP contribution in [-0.2, 0) is 11.2 Å². The highest BCUT2D eigenvalue weighted by molar-refractivity contribution is 7.99. The molecule has 1 heterocycles. The molecule has 8 nitrogen and oxygen atoms in total. The number of hydrogen-bond acceptors (Lipinski definition) is 6. The molecule has 0 atom stereocenters. The molecule has 172 valence electrons. The lowest BCUT2D eigenvalue weighted by atomic mass is 10.1. The number of phenolic OH excluding ortho intramolecular Hbond substituents is 1. The first-order chi connectivity index (χ1) is 16.5. The molecule has 34 heavy (non-hydrogen) atoms. The fraction of sp³-hybridized carbons (Fsp3) is 0.120. The zero-order valence-electron chi connectivity index (χ0n) is 18.4. The molecule has 0 radical (unpaired) electrons. The lowest BCUT2D eigenvalue weighted by Gasteiger charge is -2.11. The second-order valence-corrected chi connectivity index (χ2v) is 8.49. The second kappa shape index (κ2) is 10.7. The average Bonchev–Trinajstić information content (AvgIpc) is 3.24. The fourth-order valence-electron chi connectivity index (χ4n) is 3.34. The van der Waals surface area contributed by atoms with Gasteiger partial charge in [-0.3, -0.25) is 25.0 Å². The third-order valence-corrected chi connectivity index (χ3v) is 5.89. The predicted octanol–water partition coefficient (Wildman–Crippen LogP) is 3.43. The Kier molecular flexibility index (Phi) is 7.24. The summed E-state index contributed by atoms with van der Waals surface area (Å²) in [5.41, 5.74) is 7.85. The molecule has 0 bridgehead atoms. The Balaban J connectivity index is 1.46. The van der Waals surface area contributed by atoms with Crippen LogP contribution in [0, 0.1) is 6.92 Å². The van der Waals surface area contributed by atoms with Gasteiger partial charge in [0.25, 0.3) is 5.91 Å². The molecule has 3 aromatic carbocycles. The van der Waals surface area contributed by atoms with Gasteiger partial charge in [0.05, 0.1) is 11.3 Å². The Morgan fingerprint density at radius 1 is 0.941 bits per heavy atom.